The number of aromatic amines is 1. The van der Waals surface area contributed by atoms with Gasteiger partial charge in [-0.15, -0.1) is 0 Å². The molecule has 0 bridgehead atoms. The summed E-state index contributed by atoms with van der Waals surface area (Å²) in [4.78, 5) is 16.9. The third kappa shape index (κ3) is 3.02. The number of nitrogens with zero attached hydrogens (tertiary/aromatic N) is 1. The molecule has 1 aliphatic heterocycles. The fourth-order valence-corrected chi connectivity index (χ4v) is 2.87. The van der Waals surface area contributed by atoms with Crippen LogP contribution in [-0.2, 0) is 0 Å². The summed E-state index contributed by atoms with van der Waals surface area (Å²) >= 11 is 0. The maximum atomic E-state index is 11.4. The van der Waals surface area contributed by atoms with Gasteiger partial charge in [-0.2, -0.15) is 0 Å². The lowest BCUT2D eigenvalue weighted by atomic mass is 9.94. The van der Waals surface area contributed by atoms with E-state index in [0.717, 1.165) is 12.1 Å². The van der Waals surface area contributed by atoms with Crippen molar-refractivity contribution in [2.45, 2.75) is 46.1 Å². The summed E-state index contributed by atoms with van der Waals surface area (Å²) in [6.07, 6.45) is 5.69. The number of piperidine rings is 1. The predicted molar refractivity (Wildman–Crippen MR) is 74.8 cm³/mol. The van der Waals surface area contributed by atoms with Gasteiger partial charge in [0.2, 0.25) is 0 Å². The molecule has 1 aromatic heterocycles. The number of likely N-dealkylation sites (tertiary alicyclic amines) is 1. The molecule has 1 fully saturated rings. The van der Waals surface area contributed by atoms with Crippen LogP contribution in [0.2, 0.25) is 0 Å². The molecular weight excluding hydrogens is 224 g/mol. The molecule has 0 aliphatic carbocycles. The molecule has 0 saturated carbocycles. The molecule has 0 unspecified atom stereocenters. The van der Waals surface area contributed by atoms with E-state index in [4.69, 9.17) is 0 Å². The van der Waals surface area contributed by atoms with Gasteiger partial charge >= 0.3 is 0 Å². The molecule has 2 heterocycles. The summed E-state index contributed by atoms with van der Waals surface area (Å²) in [5.41, 5.74) is 2.12. The van der Waals surface area contributed by atoms with E-state index in [2.05, 4.69) is 29.8 Å². The molecule has 1 aromatic rings. The Morgan fingerprint density at radius 3 is 2.89 bits per heavy atom. The molecule has 3 nitrogen and oxygen atoms in total. The van der Waals surface area contributed by atoms with E-state index in [1.54, 1.807) is 0 Å². The van der Waals surface area contributed by atoms with Gasteiger partial charge in [-0.05, 0) is 43.9 Å². The van der Waals surface area contributed by atoms with Gasteiger partial charge in [0.1, 0.15) is 0 Å². The van der Waals surface area contributed by atoms with Gasteiger partial charge in [-0.25, -0.2) is 0 Å². The summed E-state index contributed by atoms with van der Waals surface area (Å²) < 4.78 is 0. The summed E-state index contributed by atoms with van der Waals surface area (Å²) in [6.45, 7) is 8.75. The van der Waals surface area contributed by atoms with Crippen molar-refractivity contribution in [3.8, 4) is 0 Å². The SMILES string of the molecule is Cc1cc([C@@H]2CCCCN2CC(C)C)c[nH]c1=O. The number of pyridine rings is 1. The predicted octanol–water partition coefficient (Wildman–Crippen LogP) is 2.87. The molecule has 1 N–H and O–H groups in total. The minimum absolute atomic E-state index is 0.0324. The largest absolute Gasteiger partial charge is 0.329 e. The standard InChI is InChI=1S/C15H24N2O/c1-11(2)10-17-7-5-4-6-14(17)13-8-12(3)15(18)16-9-13/h8-9,11,14H,4-7,10H2,1-3H3,(H,16,18)/t14-/m0/s1. The van der Waals surface area contributed by atoms with E-state index in [1.807, 2.05) is 13.1 Å². The van der Waals surface area contributed by atoms with Crippen LogP contribution >= 0.6 is 0 Å². The number of hydrogen-bond acceptors (Lipinski definition) is 2. The highest BCUT2D eigenvalue weighted by molar-refractivity contribution is 5.21. The van der Waals surface area contributed by atoms with Gasteiger partial charge in [-0.3, -0.25) is 9.69 Å². The normalized spacial score (nSPS) is 21.4. The van der Waals surface area contributed by atoms with Crippen molar-refractivity contribution in [3.63, 3.8) is 0 Å². The Morgan fingerprint density at radius 1 is 1.44 bits per heavy atom. The summed E-state index contributed by atoms with van der Waals surface area (Å²) in [7, 11) is 0. The van der Waals surface area contributed by atoms with Crippen LogP contribution in [0, 0.1) is 12.8 Å². The number of aryl methyl sites for hydroxylation is 1. The maximum absolute atomic E-state index is 11.4. The van der Waals surface area contributed by atoms with E-state index < -0.39 is 0 Å². The Kier molecular flexibility index (Phi) is 4.23. The van der Waals surface area contributed by atoms with Crippen molar-refractivity contribution in [2.24, 2.45) is 5.92 Å². The number of nitrogens with one attached hydrogen (secondary N) is 1. The van der Waals surface area contributed by atoms with Crippen LogP contribution in [-0.4, -0.2) is 23.0 Å². The van der Waals surface area contributed by atoms with Crippen LogP contribution in [0.25, 0.3) is 0 Å². The summed E-state index contributed by atoms with van der Waals surface area (Å²) in [5.74, 6) is 0.689. The van der Waals surface area contributed by atoms with Crippen molar-refractivity contribution in [1.82, 2.24) is 9.88 Å². The minimum Gasteiger partial charge on any atom is -0.329 e. The monoisotopic (exact) mass is 248 g/mol. The van der Waals surface area contributed by atoms with Gasteiger partial charge < -0.3 is 4.98 Å². The highest BCUT2D eigenvalue weighted by atomic mass is 16.1. The fourth-order valence-electron chi connectivity index (χ4n) is 2.87. The molecule has 100 valence electrons. The first-order chi connectivity index (χ1) is 8.58. The molecular formula is C15H24N2O. The van der Waals surface area contributed by atoms with Crippen LogP contribution < -0.4 is 5.56 Å². The van der Waals surface area contributed by atoms with Gasteiger partial charge in [0.25, 0.3) is 5.56 Å². The van der Waals surface area contributed by atoms with E-state index in [0.29, 0.717) is 12.0 Å². The first-order valence-electron chi connectivity index (χ1n) is 7.01. The zero-order valence-corrected chi connectivity index (χ0v) is 11.7. The highest BCUT2D eigenvalue weighted by Gasteiger charge is 2.24. The molecule has 1 saturated heterocycles. The van der Waals surface area contributed by atoms with E-state index in [1.165, 1.54) is 31.4 Å². The lowest BCUT2D eigenvalue weighted by Crippen LogP contribution is -2.36. The maximum Gasteiger partial charge on any atom is 0.250 e. The second-order valence-corrected chi connectivity index (χ2v) is 5.85. The van der Waals surface area contributed by atoms with Crippen molar-refractivity contribution in [3.05, 3.63) is 33.7 Å². The molecule has 0 spiro atoms. The average Bonchev–Trinajstić information content (AvgIpc) is 2.33. The van der Waals surface area contributed by atoms with E-state index in [-0.39, 0.29) is 5.56 Å². The number of hydrogen-bond donors (Lipinski definition) is 1. The molecule has 18 heavy (non-hydrogen) atoms. The van der Waals surface area contributed by atoms with Crippen LogP contribution in [0.5, 0.6) is 0 Å². The average molecular weight is 248 g/mol. The third-order valence-corrected chi connectivity index (χ3v) is 3.71. The third-order valence-electron chi connectivity index (χ3n) is 3.71. The second kappa shape index (κ2) is 5.70. The molecule has 0 radical (unpaired) electrons. The van der Waals surface area contributed by atoms with Crippen LogP contribution in [0.15, 0.2) is 17.1 Å². The molecule has 1 atom stereocenters. The first kappa shape index (κ1) is 13.3. The van der Waals surface area contributed by atoms with Crippen molar-refractivity contribution in [1.29, 1.82) is 0 Å². The lowest BCUT2D eigenvalue weighted by Gasteiger charge is -2.37. The minimum atomic E-state index is 0.0324. The molecule has 1 aliphatic rings. The Balaban J connectivity index is 2.22. The molecule has 0 amide bonds. The summed E-state index contributed by atoms with van der Waals surface area (Å²) in [5, 5.41) is 0. The quantitative estimate of drug-likeness (QED) is 0.893. The van der Waals surface area contributed by atoms with Crippen LogP contribution in [0.4, 0.5) is 0 Å². The van der Waals surface area contributed by atoms with Crippen LogP contribution in [0.3, 0.4) is 0 Å². The Hall–Kier alpha value is -1.09. The van der Waals surface area contributed by atoms with E-state index >= 15 is 0 Å². The number of aromatic nitrogens is 1. The summed E-state index contributed by atoms with van der Waals surface area (Å²) in [6, 6.07) is 2.54. The van der Waals surface area contributed by atoms with Crippen molar-refractivity contribution < 1.29 is 0 Å². The zero-order chi connectivity index (χ0) is 13.1. The molecule has 3 heteroatoms. The topological polar surface area (TPSA) is 36.1 Å². The highest BCUT2D eigenvalue weighted by Crippen LogP contribution is 2.30. The molecule has 0 aromatic carbocycles. The smallest absolute Gasteiger partial charge is 0.250 e. The van der Waals surface area contributed by atoms with E-state index in [9.17, 15) is 4.79 Å². The Morgan fingerprint density at radius 2 is 2.22 bits per heavy atom. The fraction of sp³-hybridized carbons (Fsp3) is 0.667. The van der Waals surface area contributed by atoms with Gasteiger partial charge in [0.05, 0.1) is 0 Å². The first-order valence-corrected chi connectivity index (χ1v) is 7.01. The lowest BCUT2D eigenvalue weighted by molar-refractivity contribution is 0.132. The Bertz CT molecular complexity index is 450. The van der Waals surface area contributed by atoms with Gasteiger partial charge in [0, 0.05) is 24.3 Å². The molecule has 2 rings (SSSR count). The second-order valence-electron chi connectivity index (χ2n) is 5.85. The number of rotatable bonds is 3. The Labute approximate surface area is 109 Å². The van der Waals surface area contributed by atoms with Gasteiger partial charge in [-0.1, -0.05) is 20.3 Å². The van der Waals surface area contributed by atoms with Crippen LogP contribution in [0.1, 0.15) is 50.3 Å². The number of H-pyrrole nitrogens is 1. The van der Waals surface area contributed by atoms with Crippen molar-refractivity contribution >= 4 is 0 Å². The van der Waals surface area contributed by atoms with Gasteiger partial charge in [0.15, 0.2) is 0 Å². The zero-order valence-electron chi connectivity index (χ0n) is 11.7. The van der Waals surface area contributed by atoms with Crippen molar-refractivity contribution in [2.75, 3.05) is 13.1 Å².